The molecule has 1 aromatic rings. The van der Waals surface area contributed by atoms with E-state index in [1.165, 1.54) is 0 Å². The Hall–Kier alpha value is -1.63. The van der Waals surface area contributed by atoms with Crippen LogP contribution in [0.5, 0.6) is 0 Å². The maximum atomic E-state index is 11.6. The molecule has 0 fully saturated rings. The zero-order valence-corrected chi connectivity index (χ0v) is 8.40. The summed E-state index contributed by atoms with van der Waals surface area (Å²) >= 11 is 0. The highest BCUT2D eigenvalue weighted by Crippen LogP contribution is 2.08. The van der Waals surface area contributed by atoms with Gasteiger partial charge in [0.2, 0.25) is 0 Å². The van der Waals surface area contributed by atoms with Crippen LogP contribution in [0.15, 0.2) is 12.3 Å². The predicted molar refractivity (Wildman–Crippen MR) is 51.6 cm³/mol. The Morgan fingerprint density at radius 1 is 1.79 bits per heavy atom. The first-order chi connectivity index (χ1) is 6.69. The lowest BCUT2D eigenvalue weighted by Crippen LogP contribution is -2.11. The third kappa shape index (κ3) is 2.19. The second-order valence-corrected chi connectivity index (χ2v) is 3.19. The van der Waals surface area contributed by atoms with Gasteiger partial charge in [-0.15, -0.1) is 0 Å². The van der Waals surface area contributed by atoms with Gasteiger partial charge in [0.05, 0.1) is 12.0 Å². The zero-order valence-electron chi connectivity index (χ0n) is 8.40. The van der Waals surface area contributed by atoms with E-state index in [4.69, 9.17) is 5.26 Å². The molecule has 0 aliphatic carbocycles. The molecule has 0 amide bonds. The monoisotopic (exact) mass is 191 g/mol. The highest BCUT2D eigenvalue weighted by Gasteiger charge is 2.14. The van der Waals surface area contributed by atoms with E-state index in [0.717, 1.165) is 0 Å². The molecule has 0 saturated heterocycles. The van der Waals surface area contributed by atoms with Crippen LogP contribution in [-0.4, -0.2) is 15.6 Å². The number of aryl methyl sites for hydroxylation is 1. The number of rotatable bonds is 4. The van der Waals surface area contributed by atoms with Crippen molar-refractivity contribution in [3.8, 4) is 6.07 Å². The molecule has 1 aromatic heterocycles. The third-order valence-corrected chi connectivity index (χ3v) is 2.01. The van der Waals surface area contributed by atoms with Crippen molar-refractivity contribution in [1.29, 1.82) is 5.26 Å². The number of hydrogen-bond acceptors (Lipinski definition) is 3. The summed E-state index contributed by atoms with van der Waals surface area (Å²) in [7, 11) is 0. The first kappa shape index (κ1) is 10.5. The molecule has 74 valence electrons. The highest BCUT2D eigenvalue weighted by atomic mass is 16.1. The lowest BCUT2D eigenvalue weighted by atomic mass is 10.0. The number of aromatic nitrogens is 2. The Labute approximate surface area is 83.1 Å². The van der Waals surface area contributed by atoms with E-state index in [9.17, 15) is 4.79 Å². The summed E-state index contributed by atoms with van der Waals surface area (Å²) in [6.07, 6.45) is 1.87. The van der Waals surface area contributed by atoms with E-state index >= 15 is 0 Å². The smallest absolute Gasteiger partial charge is 0.182 e. The molecule has 4 heteroatoms. The second-order valence-electron chi connectivity index (χ2n) is 3.19. The molecule has 14 heavy (non-hydrogen) atoms. The van der Waals surface area contributed by atoms with Crippen molar-refractivity contribution >= 4 is 5.78 Å². The summed E-state index contributed by atoms with van der Waals surface area (Å²) in [6, 6.07) is 3.74. The van der Waals surface area contributed by atoms with Gasteiger partial charge >= 0.3 is 0 Å². The Morgan fingerprint density at radius 2 is 2.50 bits per heavy atom. The Balaban J connectivity index is 2.75. The third-order valence-electron chi connectivity index (χ3n) is 2.01. The normalized spacial score (nSPS) is 12.1. The molecule has 1 atom stereocenters. The molecule has 1 rings (SSSR count). The molecule has 0 aliphatic rings. The summed E-state index contributed by atoms with van der Waals surface area (Å²) in [5.41, 5.74) is 0.592. The van der Waals surface area contributed by atoms with Gasteiger partial charge in [-0.25, -0.2) is 0 Å². The first-order valence-electron chi connectivity index (χ1n) is 4.63. The van der Waals surface area contributed by atoms with Gasteiger partial charge < -0.3 is 0 Å². The Kier molecular flexibility index (Phi) is 3.41. The SMILES string of the molecule is CCn1nccc1C(=O)CC(C)C#N. The van der Waals surface area contributed by atoms with Gasteiger partial charge in [-0.05, 0) is 19.9 Å². The Bertz CT molecular complexity index is 362. The fraction of sp³-hybridized carbons (Fsp3) is 0.500. The molecule has 0 saturated carbocycles. The Morgan fingerprint density at radius 3 is 3.07 bits per heavy atom. The number of ketones is 1. The van der Waals surface area contributed by atoms with Crippen LogP contribution >= 0.6 is 0 Å². The van der Waals surface area contributed by atoms with Crippen LogP contribution in [0.25, 0.3) is 0 Å². The van der Waals surface area contributed by atoms with Crippen molar-refractivity contribution in [3.05, 3.63) is 18.0 Å². The molecular weight excluding hydrogens is 178 g/mol. The minimum absolute atomic E-state index is 0.0154. The average Bonchev–Trinajstić information content (AvgIpc) is 2.65. The van der Waals surface area contributed by atoms with Crippen molar-refractivity contribution in [1.82, 2.24) is 9.78 Å². The van der Waals surface area contributed by atoms with Crippen molar-refractivity contribution in [3.63, 3.8) is 0 Å². The molecule has 1 unspecified atom stereocenters. The van der Waals surface area contributed by atoms with Crippen LogP contribution in [-0.2, 0) is 6.54 Å². The maximum Gasteiger partial charge on any atom is 0.182 e. The van der Waals surface area contributed by atoms with E-state index in [-0.39, 0.29) is 18.1 Å². The molecule has 4 nitrogen and oxygen atoms in total. The number of carbonyl (C=O) groups is 1. The first-order valence-corrected chi connectivity index (χ1v) is 4.63. The molecule has 0 bridgehead atoms. The van der Waals surface area contributed by atoms with Crippen LogP contribution in [0.1, 0.15) is 30.8 Å². The van der Waals surface area contributed by atoms with Gasteiger partial charge in [0.25, 0.3) is 0 Å². The molecule has 0 radical (unpaired) electrons. The highest BCUT2D eigenvalue weighted by molar-refractivity contribution is 5.94. The predicted octanol–water partition coefficient (Wildman–Crippen LogP) is 1.64. The van der Waals surface area contributed by atoms with E-state index in [1.54, 1.807) is 23.9 Å². The van der Waals surface area contributed by atoms with Crippen LogP contribution in [0, 0.1) is 17.2 Å². The van der Waals surface area contributed by atoms with Crippen LogP contribution in [0.4, 0.5) is 0 Å². The largest absolute Gasteiger partial charge is 0.292 e. The van der Waals surface area contributed by atoms with E-state index in [0.29, 0.717) is 12.2 Å². The van der Waals surface area contributed by atoms with E-state index < -0.39 is 0 Å². The second kappa shape index (κ2) is 4.56. The van der Waals surface area contributed by atoms with Crippen molar-refractivity contribution in [2.45, 2.75) is 26.8 Å². The lowest BCUT2D eigenvalue weighted by molar-refractivity contribution is 0.0962. The number of Topliss-reactive ketones (excluding diaryl/α,β-unsaturated/α-hetero) is 1. The van der Waals surface area contributed by atoms with Gasteiger partial charge in [0, 0.05) is 19.2 Å². The molecular formula is C10H13N3O. The summed E-state index contributed by atoms with van der Waals surface area (Å²) in [4.78, 5) is 11.6. The molecule has 0 aromatic carbocycles. The summed E-state index contributed by atoms with van der Waals surface area (Å²) in [6.45, 7) is 4.34. The minimum Gasteiger partial charge on any atom is -0.292 e. The number of nitriles is 1. The van der Waals surface area contributed by atoms with E-state index in [2.05, 4.69) is 5.10 Å². The quantitative estimate of drug-likeness (QED) is 0.680. The molecule has 0 spiro atoms. The fourth-order valence-electron chi connectivity index (χ4n) is 1.25. The van der Waals surface area contributed by atoms with Gasteiger partial charge in [-0.1, -0.05) is 0 Å². The zero-order chi connectivity index (χ0) is 10.6. The average molecular weight is 191 g/mol. The number of nitrogens with zero attached hydrogens (tertiary/aromatic N) is 3. The minimum atomic E-state index is -0.234. The standard InChI is InChI=1S/C10H13N3O/c1-3-13-9(4-5-12-13)10(14)6-8(2)7-11/h4-5,8H,3,6H2,1-2H3. The van der Waals surface area contributed by atoms with Gasteiger partial charge in [-0.2, -0.15) is 10.4 Å². The summed E-state index contributed by atoms with van der Waals surface area (Å²) < 4.78 is 1.65. The fourth-order valence-corrected chi connectivity index (χ4v) is 1.25. The summed E-state index contributed by atoms with van der Waals surface area (Å²) in [5.74, 6) is -0.249. The number of hydrogen-bond donors (Lipinski definition) is 0. The van der Waals surface area contributed by atoms with Crippen molar-refractivity contribution < 1.29 is 4.79 Å². The van der Waals surface area contributed by atoms with Crippen molar-refractivity contribution in [2.24, 2.45) is 5.92 Å². The van der Waals surface area contributed by atoms with Crippen LogP contribution in [0.2, 0.25) is 0 Å². The van der Waals surface area contributed by atoms with E-state index in [1.807, 2.05) is 13.0 Å². The maximum absolute atomic E-state index is 11.6. The number of carbonyl (C=O) groups excluding carboxylic acids is 1. The van der Waals surface area contributed by atoms with Crippen molar-refractivity contribution in [2.75, 3.05) is 0 Å². The van der Waals surface area contributed by atoms with Gasteiger partial charge in [-0.3, -0.25) is 9.48 Å². The summed E-state index contributed by atoms with van der Waals surface area (Å²) in [5, 5.41) is 12.6. The van der Waals surface area contributed by atoms with Crippen LogP contribution < -0.4 is 0 Å². The molecule has 1 heterocycles. The molecule has 0 aliphatic heterocycles. The van der Waals surface area contributed by atoms with Gasteiger partial charge in [0.15, 0.2) is 5.78 Å². The topological polar surface area (TPSA) is 58.7 Å². The van der Waals surface area contributed by atoms with Gasteiger partial charge in [0.1, 0.15) is 5.69 Å². The van der Waals surface area contributed by atoms with Crippen LogP contribution in [0.3, 0.4) is 0 Å². The lowest BCUT2D eigenvalue weighted by Gasteiger charge is -2.04. The molecule has 0 N–H and O–H groups in total.